The van der Waals surface area contributed by atoms with E-state index in [1.165, 1.54) is 5.56 Å². The molecule has 108 valence electrons. The van der Waals surface area contributed by atoms with Crippen LogP contribution in [0.5, 0.6) is 0 Å². The molecule has 0 unspecified atom stereocenters. The quantitative estimate of drug-likeness (QED) is 0.749. The Labute approximate surface area is 122 Å². The highest BCUT2D eigenvalue weighted by atomic mass is 16.4. The summed E-state index contributed by atoms with van der Waals surface area (Å²) in [6, 6.07) is 13.5. The second-order valence-corrected chi connectivity index (χ2v) is 5.58. The van der Waals surface area contributed by atoms with Crippen LogP contribution in [-0.2, 0) is 6.54 Å². The number of rotatable bonds is 3. The molecule has 1 aromatic heterocycles. The lowest BCUT2D eigenvalue weighted by Gasteiger charge is -2.07. The Morgan fingerprint density at radius 3 is 2.52 bits per heavy atom. The van der Waals surface area contributed by atoms with E-state index >= 15 is 0 Å². The van der Waals surface area contributed by atoms with Gasteiger partial charge in [-0.3, -0.25) is 4.57 Å². The number of fused-ring (bicyclic) bond motifs is 1. The van der Waals surface area contributed by atoms with Crippen LogP contribution in [0.25, 0.3) is 11.1 Å². The molecule has 0 bridgehead atoms. The van der Waals surface area contributed by atoms with Crippen LogP contribution in [0.15, 0.2) is 51.7 Å². The molecule has 2 aromatic carbocycles. The van der Waals surface area contributed by atoms with Crippen molar-refractivity contribution in [3.05, 3.63) is 64.1 Å². The molecular weight excluding hydrogens is 264 g/mol. The fourth-order valence-corrected chi connectivity index (χ4v) is 2.42. The third-order valence-corrected chi connectivity index (χ3v) is 3.68. The highest BCUT2D eigenvalue weighted by Crippen LogP contribution is 2.19. The van der Waals surface area contributed by atoms with Gasteiger partial charge in [-0.1, -0.05) is 38.1 Å². The molecule has 4 heteroatoms. The molecule has 0 aliphatic rings. The maximum Gasteiger partial charge on any atom is 0.420 e. The van der Waals surface area contributed by atoms with Crippen LogP contribution in [-0.4, -0.2) is 4.57 Å². The van der Waals surface area contributed by atoms with E-state index in [0.717, 1.165) is 11.1 Å². The van der Waals surface area contributed by atoms with Crippen molar-refractivity contribution in [2.45, 2.75) is 26.3 Å². The lowest BCUT2D eigenvalue weighted by atomic mass is 10.0. The number of nitrogens with two attached hydrogens (primary N) is 1. The van der Waals surface area contributed by atoms with Crippen LogP contribution >= 0.6 is 0 Å². The Balaban J connectivity index is 1.99. The van der Waals surface area contributed by atoms with Gasteiger partial charge in [0, 0.05) is 5.69 Å². The standard InChI is InChI=1S/C17H18N2O2/c1-11(2)13-5-3-12(4-6-13)10-19-15-9-14(18)7-8-16(15)21-17(19)20/h3-9,11H,10,18H2,1-2H3. The van der Waals surface area contributed by atoms with Crippen LogP contribution < -0.4 is 11.5 Å². The Bertz CT molecular complexity index is 826. The number of hydrogen-bond donors (Lipinski definition) is 1. The lowest BCUT2D eigenvalue weighted by molar-refractivity contribution is 0.517. The van der Waals surface area contributed by atoms with Crippen LogP contribution in [0.1, 0.15) is 30.9 Å². The highest BCUT2D eigenvalue weighted by Gasteiger charge is 2.10. The molecule has 0 amide bonds. The van der Waals surface area contributed by atoms with Gasteiger partial charge < -0.3 is 10.2 Å². The molecule has 0 saturated heterocycles. The van der Waals surface area contributed by atoms with Gasteiger partial charge in [-0.15, -0.1) is 0 Å². The van der Waals surface area contributed by atoms with Gasteiger partial charge in [0.1, 0.15) is 0 Å². The summed E-state index contributed by atoms with van der Waals surface area (Å²) >= 11 is 0. The average Bonchev–Trinajstić information content (AvgIpc) is 2.76. The van der Waals surface area contributed by atoms with Crippen molar-refractivity contribution in [2.75, 3.05) is 5.73 Å². The van der Waals surface area contributed by atoms with Crippen molar-refractivity contribution in [1.29, 1.82) is 0 Å². The molecule has 3 rings (SSSR count). The van der Waals surface area contributed by atoms with Crippen molar-refractivity contribution >= 4 is 16.8 Å². The van der Waals surface area contributed by atoms with Gasteiger partial charge in [0.25, 0.3) is 0 Å². The van der Waals surface area contributed by atoms with E-state index in [-0.39, 0.29) is 5.76 Å². The van der Waals surface area contributed by atoms with E-state index in [1.807, 2.05) is 12.1 Å². The SMILES string of the molecule is CC(C)c1ccc(Cn2c(=O)oc3ccc(N)cc32)cc1. The summed E-state index contributed by atoms with van der Waals surface area (Å²) in [5.41, 5.74) is 10.0. The molecule has 0 atom stereocenters. The van der Waals surface area contributed by atoms with Crippen molar-refractivity contribution in [3.8, 4) is 0 Å². The monoisotopic (exact) mass is 282 g/mol. The van der Waals surface area contributed by atoms with Gasteiger partial charge >= 0.3 is 5.76 Å². The van der Waals surface area contributed by atoms with Crippen LogP contribution in [0.4, 0.5) is 5.69 Å². The fourth-order valence-electron chi connectivity index (χ4n) is 2.42. The number of anilines is 1. The first-order valence-electron chi connectivity index (χ1n) is 7.02. The van der Waals surface area contributed by atoms with Gasteiger partial charge in [0.2, 0.25) is 0 Å². The average molecular weight is 282 g/mol. The summed E-state index contributed by atoms with van der Waals surface area (Å²) in [5, 5.41) is 0. The number of nitrogen functional groups attached to an aromatic ring is 1. The molecule has 2 N–H and O–H groups in total. The minimum atomic E-state index is -0.358. The third kappa shape index (κ3) is 2.57. The molecule has 1 heterocycles. The molecule has 0 aliphatic heterocycles. The number of oxazole rings is 1. The molecule has 3 aromatic rings. The number of benzene rings is 2. The highest BCUT2D eigenvalue weighted by molar-refractivity contribution is 5.77. The summed E-state index contributed by atoms with van der Waals surface area (Å²) in [7, 11) is 0. The Morgan fingerprint density at radius 1 is 1.14 bits per heavy atom. The molecule has 21 heavy (non-hydrogen) atoms. The first-order chi connectivity index (χ1) is 10.0. The predicted octanol–water partition coefficient (Wildman–Crippen LogP) is 3.35. The smallest absolute Gasteiger partial charge is 0.408 e. The van der Waals surface area contributed by atoms with Crippen molar-refractivity contribution in [1.82, 2.24) is 4.57 Å². The van der Waals surface area contributed by atoms with Gasteiger partial charge in [-0.25, -0.2) is 4.79 Å². The van der Waals surface area contributed by atoms with Gasteiger partial charge in [-0.05, 0) is 35.2 Å². The molecule has 0 fully saturated rings. The number of nitrogens with zero attached hydrogens (tertiary/aromatic N) is 1. The molecular formula is C17H18N2O2. The van der Waals surface area contributed by atoms with E-state index in [4.69, 9.17) is 10.2 Å². The normalized spacial score (nSPS) is 11.4. The van der Waals surface area contributed by atoms with Crippen molar-refractivity contribution in [2.24, 2.45) is 0 Å². The second kappa shape index (κ2) is 5.13. The largest absolute Gasteiger partial charge is 0.420 e. The van der Waals surface area contributed by atoms with E-state index in [2.05, 4.69) is 26.0 Å². The lowest BCUT2D eigenvalue weighted by Crippen LogP contribution is -2.14. The summed E-state index contributed by atoms with van der Waals surface area (Å²) in [6.07, 6.45) is 0. The minimum Gasteiger partial charge on any atom is -0.408 e. The van der Waals surface area contributed by atoms with Crippen LogP contribution in [0.3, 0.4) is 0 Å². The summed E-state index contributed by atoms with van der Waals surface area (Å²) < 4.78 is 6.85. The summed E-state index contributed by atoms with van der Waals surface area (Å²) in [4.78, 5) is 12.0. The Hall–Kier alpha value is -2.49. The molecule has 0 radical (unpaired) electrons. The fraction of sp³-hybridized carbons (Fsp3) is 0.235. The molecule has 0 aliphatic carbocycles. The van der Waals surface area contributed by atoms with Crippen molar-refractivity contribution < 1.29 is 4.42 Å². The maximum absolute atomic E-state index is 12.0. The predicted molar refractivity (Wildman–Crippen MR) is 84.5 cm³/mol. The van der Waals surface area contributed by atoms with E-state index < -0.39 is 0 Å². The van der Waals surface area contributed by atoms with Crippen LogP contribution in [0, 0.1) is 0 Å². The number of hydrogen-bond acceptors (Lipinski definition) is 3. The zero-order chi connectivity index (χ0) is 15.0. The van der Waals surface area contributed by atoms with E-state index in [1.54, 1.807) is 22.8 Å². The van der Waals surface area contributed by atoms with Gasteiger partial charge in [0.05, 0.1) is 12.1 Å². The van der Waals surface area contributed by atoms with Gasteiger partial charge in [-0.2, -0.15) is 0 Å². The zero-order valence-corrected chi connectivity index (χ0v) is 12.2. The Kier molecular flexibility index (Phi) is 3.29. The topological polar surface area (TPSA) is 61.2 Å². The van der Waals surface area contributed by atoms with Crippen LogP contribution in [0.2, 0.25) is 0 Å². The second-order valence-electron chi connectivity index (χ2n) is 5.58. The van der Waals surface area contributed by atoms with Gasteiger partial charge in [0.15, 0.2) is 5.58 Å². The maximum atomic E-state index is 12.0. The summed E-state index contributed by atoms with van der Waals surface area (Å²) in [5.74, 6) is 0.139. The van der Waals surface area contributed by atoms with E-state index in [0.29, 0.717) is 23.7 Å². The van der Waals surface area contributed by atoms with E-state index in [9.17, 15) is 4.79 Å². The molecule has 0 saturated carbocycles. The zero-order valence-electron chi connectivity index (χ0n) is 12.2. The number of aromatic nitrogens is 1. The van der Waals surface area contributed by atoms with Crippen molar-refractivity contribution in [3.63, 3.8) is 0 Å². The molecule has 4 nitrogen and oxygen atoms in total. The molecule has 0 spiro atoms. The Morgan fingerprint density at radius 2 is 1.86 bits per heavy atom. The third-order valence-electron chi connectivity index (χ3n) is 3.68. The first kappa shape index (κ1) is 13.5. The summed E-state index contributed by atoms with van der Waals surface area (Å²) in [6.45, 7) is 4.80. The first-order valence-corrected chi connectivity index (χ1v) is 7.02. The minimum absolute atomic E-state index is 0.358.